The summed E-state index contributed by atoms with van der Waals surface area (Å²) in [5.41, 5.74) is 0. The maximum absolute atomic E-state index is 12.5. The number of hydrogen-bond donors (Lipinski definition) is 3. The van der Waals surface area contributed by atoms with E-state index in [1.54, 1.807) is 0 Å². The van der Waals surface area contributed by atoms with Crippen molar-refractivity contribution in [2.45, 2.75) is 167 Å². The SMILES string of the molecule is CC/C=C\C/C=C\C/C=C\C/C=C\CCCCC(=O)OC[C@H](COP(=O)(O)OC[C@@H](O)CO)OC(=O)CCCCCCCCCCCCCCC. The van der Waals surface area contributed by atoms with Gasteiger partial charge in [0.25, 0.3) is 0 Å². The van der Waals surface area contributed by atoms with Crippen molar-refractivity contribution in [3.63, 3.8) is 0 Å². The molecule has 0 radical (unpaired) electrons. The van der Waals surface area contributed by atoms with E-state index in [9.17, 15) is 24.2 Å². The number of esters is 2. The first kappa shape index (κ1) is 48.9. The molecular weight excluding hydrogens is 671 g/mol. The van der Waals surface area contributed by atoms with Gasteiger partial charge in [-0.2, -0.15) is 0 Å². The van der Waals surface area contributed by atoms with E-state index in [-0.39, 0.29) is 19.4 Å². The van der Waals surface area contributed by atoms with Crippen LogP contribution in [0.25, 0.3) is 0 Å². The second-order valence-electron chi connectivity index (χ2n) is 12.9. The van der Waals surface area contributed by atoms with Crippen LogP contribution in [-0.4, -0.2) is 65.7 Å². The zero-order valence-corrected chi connectivity index (χ0v) is 32.7. The van der Waals surface area contributed by atoms with Crippen LogP contribution in [0, 0.1) is 0 Å². The monoisotopic (exact) mass is 742 g/mol. The number of phosphoric acid groups is 1. The number of aliphatic hydroxyl groups is 2. The highest BCUT2D eigenvalue weighted by atomic mass is 31.2. The number of phosphoric ester groups is 1. The van der Waals surface area contributed by atoms with Crippen molar-refractivity contribution < 1.29 is 47.8 Å². The minimum absolute atomic E-state index is 0.176. The molecule has 0 spiro atoms. The van der Waals surface area contributed by atoms with E-state index in [1.807, 2.05) is 0 Å². The Balaban J connectivity index is 4.42. The molecule has 0 amide bonds. The van der Waals surface area contributed by atoms with Crippen molar-refractivity contribution in [2.75, 3.05) is 26.4 Å². The Morgan fingerprint density at radius 2 is 1.08 bits per heavy atom. The van der Waals surface area contributed by atoms with E-state index in [2.05, 4.69) is 67.0 Å². The van der Waals surface area contributed by atoms with Gasteiger partial charge in [0.2, 0.25) is 0 Å². The van der Waals surface area contributed by atoms with E-state index in [1.165, 1.54) is 57.8 Å². The van der Waals surface area contributed by atoms with Gasteiger partial charge in [-0.25, -0.2) is 4.57 Å². The van der Waals surface area contributed by atoms with Gasteiger partial charge in [-0.1, -0.05) is 140 Å². The Hall–Kier alpha value is -2.07. The molecule has 0 saturated carbocycles. The molecule has 0 rings (SSSR count). The van der Waals surface area contributed by atoms with Crippen LogP contribution in [0.5, 0.6) is 0 Å². The highest BCUT2D eigenvalue weighted by molar-refractivity contribution is 7.47. The Labute approximate surface area is 309 Å². The Kier molecular flexibility index (Phi) is 34.8. The number of aliphatic hydroxyl groups excluding tert-OH is 2. The molecule has 1 unspecified atom stereocenters. The first-order valence-electron chi connectivity index (χ1n) is 19.6. The molecule has 0 aliphatic rings. The highest BCUT2D eigenvalue weighted by Crippen LogP contribution is 2.43. The summed E-state index contributed by atoms with van der Waals surface area (Å²) >= 11 is 0. The predicted octanol–water partition coefficient (Wildman–Crippen LogP) is 9.78. The lowest BCUT2D eigenvalue weighted by atomic mass is 10.0. The minimum Gasteiger partial charge on any atom is -0.462 e. The molecule has 0 fully saturated rings. The van der Waals surface area contributed by atoms with E-state index in [0.717, 1.165) is 57.8 Å². The van der Waals surface area contributed by atoms with Crippen molar-refractivity contribution in [2.24, 2.45) is 0 Å². The van der Waals surface area contributed by atoms with Gasteiger partial charge in [-0.05, 0) is 51.4 Å². The van der Waals surface area contributed by atoms with Crippen LogP contribution in [0.3, 0.4) is 0 Å². The summed E-state index contributed by atoms with van der Waals surface area (Å²) in [5, 5.41) is 18.3. The van der Waals surface area contributed by atoms with Gasteiger partial charge in [0.05, 0.1) is 19.8 Å². The lowest BCUT2D eigenvalue weighted by Gasteiger charge is -2.20. The quantitative estimate of drug-likeness (QED) is 0.0245. The molecule has 0 aliphatic carbocycles. The third kappa shape index (κ3) is 36.1. The number of unbranched alkanes of at least 4 members (excludes halogenated alkanes) is 14. The average Bonchev–Trinajstić information content (AvgIpc) is 3.12. The summed E-state index contributed by atoms with van der Waals surface area (Å²) in [7, 11) is -4.62. The molecule has 10 nitrogen and oxygen atoms in total. The first-order valence-corrected chi connectivity index (χ1v) is 21.1. The maximum atomic E-state index is 12.5. The predicted molar refractivity (Wildman–Crippen MR) is 205 cm³/mol. The number of ether oxygens (including phenoxy) is 2. The Morgan fingerprint density at radius 3 is 1.63 bits per heavy atom. The van der Waals surface area contributed by atoms with Gasteiger partial charge >= 0.3 is 19.8 Å². The van der Waals surface area contributed by atoms with Crippen LogP contribution in [0.4, 0.5) is 0 Å². The van der Waals surface area contributed by atoms with Crippen molar-refractivity contribution in [3.05, 3.63) is 48.6 Å². The molecule has 0 aromatic heterocycles. The standard InChI is InChI=1S/C40H71O10P/c1-3-5-7-9-11-13-15-17-18-20-21-23-25-27-29-31-39(43)47-35-38(36-49-51(45,46)48-34-37(42)33-41)50-40(44)32-30-28-26-24-22-19-16-14-12-10-8-6-4-2/h5,7,11,13,17-18,21,23,37-38,41-42H,3-4,6,8-10,12,14-16,19-20,22,24-36H2,1-2H3,(H,45,46)/b7-5-,13-11-,18-17-,23-21-/t37-,38+/m0/s1. The van der Waals surface area contributed by atoms with Crippen molar-refractivity contribution in [1.82, 2.24) is 0 Å². The second kappa shape index (κ2) is 36.3. The molecule has 0 heterocycles. The summed E-state index contributed by atoms with van der Waals surface area (Å²) in [6.07, 6.45) is 36.5. The topological polar surface area (TPSA) is 149 Å². The van der Waals surface area contributed by atoms with Gasteiger partial charge in [0, 0.05) is 12.8 Å². The molecule has 11 heteroatoms. The van der Waals surface area contributed by atoms with Gasteiger partial charge < -0.3 is 24.6 Å². The van der Waals surface area contributed by atoms with Gasteiger partial charge in [0.15, 0.2) is 6.10 Å². The fourth-order valence-electron chi connectivity index (χ4n) is 4.98. The van der Waals surface area contributed by atoms with Crippen LogP contribution in [0.1, 0.15) is 155 Å². The lowest BCUT2D eigenvalue weighted by molar-refractivity contribution is -0.161. The maximum Gasteiger partial charge on any atom is 0.472 e. The third-order valence-corrected chi connectivity index (χ3v) is 8.95. The Bertz CT molecular complexity index is 994. The van der Waals surface area contributed by atoms with Gasteiger partial charge in [-0.15, -0.1) is 0 Å². The lowest BCUT2D eigenvalue weighted by Crippen LogP contribution is -2.29. The number of carbonyl (C=O) groups is 2. The molecule has 0 bridgehead atoms. The van der Waals surface area contributed by atoms with Crippen molar-refractivity contribution >= 4 is 19.8 Å². The van der Waals surface area contributed by atoms with Crippen molar-refractivity contribution in [1.29, 1.82) is 0 Å². The van der Waals surface area contributed by atoms with Crippen LogP contribution >= 0.6 is 7.82 Å². The third-order valence-electron chi connectivity index (χ3n) is 8.00. The van der Waals surface area contributed by atoms with Gasteiger partial charge in [-0.3, -0.25) is 18.6 Å². The summed E-state index contributed by atoms with van der Waals surface area (Å²) in [6, 6.07) is 0. The number of allylic oxidation sites excluding steroid dienone is 8. The van der Waals surface area contributed by atoms with Crippen LogP contribution in [0.15, 0.2) is 48.6 Å². The van der Waals surface area contributed by atoms with Gasteiger partial charge in [0.1, 0.15) is 12.7 Å². The molecule has 3 N–H and O–H groups in total. The summed E-state index contributed by atoms with van der Waals surface area (Å²) in [4.78, 5) is 34.8. The smallest absolute Gasteiger partial charge is 0.462 e. The first-order chi connectivity index (χ1) is 24.7. The molecule has 296 valence electrons. The molecule has 0 saturated heterocycles. The molecule has 0 aromatic rings. The average molecular weight is 743 g/mol. The number of rotatable bonds is 36. The molecular formula is C40H71O10P. The van der Waals surface area contributed by atoms with E-state index in [0.29, 0.717) is 12.8 Å². The molecule has 51 heavy (non-hydrogen) atoms. The van der Waals surface area contributed by atoms with Crippen LogP contribution < -0.4 is 0 Å². The summed E-state index contributed by atoms with van der Waals surface area (Å²) in [6.45, 7) is 2.20. The Morgan fingerprint density at radius 1 is 0.608 bits per heavy atom. The van der Waals surface area contributed by atoms with E-state index < -0.39 is 51.8 Å². The zero-order valence-electron chi connectivity index (χ0n) is 31.8. The minimum atomic E-state index is -4.62. The zero-order chi connectivity index (χ0) is 37.7. The largest absolute Gasteiger partial charge is 0.472 e. The van der Waals surface area contributed by atoms with Crippen molar-refractivity contribution in [3.8, 4) is 0 Å². The number of hydrogen-bond acceptors (Lipinski definition) is 9. The normalized spacial score (nSPS) is 14.5. The molecule has 3 atom stereocenters. The fourth-order valence-corrected chi connectivity index (χ4v) is 5.77. The summed E-state index contributed by atoms with van der Waals surface area (Å²) in [5.74, 6) is -0.975. The van der Waals surface area contributed by atoms with E-state index >= 15 is 0 Å². The second-order valence-corrected chi connectivity index (χ2v) is 14.4. The summed E-state index contributed by atoms with van der Waals surface area (Å²) < 4.78 is 32.6. The fraction of sp³-hybridized carbons (Fsp3) is 0.750. The van der Waals surface area contributed by atoms with Crippen LogP contribution in [-0.2, 0) is 32.7 Å². The highest BCUT2D eigenvalue weighted by Gasteiger charge is 2.27. The molecule has 0 aromatic carbocycles. The van der Waals surface area contributed by atoms with Crippen LogP contribution in [0.2, 0.25) is 0 Å². The van der Waals surface area contributed by atoms with E-state index in [4.69, 9.17) is 19.1 Å². The number of carbonyl (C=O) groups excluding carboxylic acids is 2. The molecule has 0 aliphatic heterocycles.